The van der Waals surface area contributed by atoms with Gasteiger partial charge in [0.2, 0.25) is 5.91 Å². The number of hydrogen-bond acceptors (Lipinski definition) is 4. The monoisotopic (exact) mass is 440 g/mol. The third kappa shape index (κ3) is 3.90. The van der Waals surface area contributed by atoms with Gasteiger partial charge in [0.15, 0.2) is 5.54 Å². The van der Waals surface area contributed by atoms with Crippen molar-refractivity contribution in [3.05, 3.63) is 46.7 Å². The van der Waals surface area contributed by atoms with Crippen LogP contribution in [0.1, 0.15) is 37.0 Å². The van der Waals surface area contributed by atoms with Crippen molar-refractivity contribution in [2.24, 2.45) is 11.7 Å². The standard InChI is InChI=1S/C21H23F3N2O3S/c1-29-16-11-9-15(10-12-16)26(19(28)21(22,23)24)20(18(25)27,17-8-5-13-30-17)14-6-3-2-4-7-14/h5,8-14H,2-4,6-7H2,1H3,(H2,25,27). The van der Waals surface area contributed by atoms with E-state index < -0.39 is 29.4 Å². The third-order valence-corrected chi connectivity index (χ3v) is 6.59. The van der Waals surface area contributed by atoms with Crippen LogP contribution in [0.15, 0.2) is 41.8 Å². The molecule has 3 rings (SSSR count). The number of ether oxygens (including phenoxy) is 1. The van der Waals surface area contributed by atoms with Crippen molar-refractivity contribution in [2.45, 2.75) is 43.8 Å². The topological polar surface area (TPSA) is 72.6 Å². The van der Waals surface area contributed by atoms with Gasteiger partial charge in [0.05, 0.1) is 7.11 Å². The van der Waals surface area contributed by atoms with E-state index in [1.807, 2.05) is 0 Å². The predicted octanol–water partition coefficient (Wildman–Crippen LogP) is 4.61. The zero-order chi connectivity index (χ0) is 21.9. The molecule has 2 amide bonds. The summed E-state index contributed by atoms with van der Waals surface area (Å²) in [5, 5.41) is 1.67. The number of benzene rings is 1. The summed E-state index contributed by atoms with van der Waals surface area (Å²) in [6, 6.07) is 8.81. The first-order valence-electron chi connectivity index (χ1n) is 9.62. The smallest absolute Gasteiger partial charge is 0.471 e. The van der Waals surface area contributed by atoms with E-state index >= 15 is 0 Å². The van der Waals surface area contributed by atoms with Crippen LogP contribution < -0.4 is 15.4 Å². The summed E-state index contributed by atoms with van der Waals surface area (Å²) in [5.41, 5.74) is 3.86. The minimum Gasteiger partial charge on any atom is -0.497 e. The van der Waals surface area contributed by atoms with Gasteiger partial charge in [-0.1, -0.05) is 25.3 Å². The Hall–Kier alpha value is -2.55. The van der Waals surface area contributed by atoms with E-state index in [-0.39, 0.29) is 5.69 Å². The molecule has 5 nitrogen and oxygen atoms in total. The Kier molecular flexibility index (Phi) is 6.40. The molecule has 2 N–H and O–H groups in total. The van der Waals surface area contributed by atoms with Crippen LogP contribution in [-0.4, -0.2) is 25.1 Å². The molecule has 1 saturated carbocycles. The number of halogens is 3. The molecule has 1 atom stereocenters. The maximum atomic E-state index is 13.8. The van der Waals surface area contributed by atoms with Gasteiger partial charge in [0.1, 0.15) is 5.75 Å². The first kappa shape index (κ1) is 22.1. The number of thiophene rings is 1. The molecule has 1 aromatic carbocycles. The highest BCUT2D eigenvalue weighted by Crippen LogP contribution is 2.48. The van der Waals surface area contributed by atoms with Gasteiger partial charge >= 0.3 is 12.1 Å². The molecule has 1 fully saturated rings. The number of amides is 2. The number of nitrogens with zero attached hydrogens (tertiary/aromatic N) is 1. The van der Waals surface area contributed by atoms with E-state index in [0.717, 1.165) is 30.6 Å². The molecule has 1 unspecified atom stereocenters. The first-order chi connectivity index (χ1) is 14.2. The number of hydrogen-bond donors (Lipinski definition) is 1. The van der Waals surface area contributed by atoms with Crippen LogP contribution in [0.5, 0.6) is 5.75 Å². The van der Waals surface area contributed by atoms with Crippen molar-refractivity contribution in [3.63, 3.8) is 0 Å². The van der Waals surface area contributed by atoms with Crippen molar-refractivity contribution in [1.29, 1.82) is 0 Å². The summed E-state index contributed by atoms with van der Waals surface area (Å²) in [6.45, 7) is 0. The van der Waals surface area contributed by atoms with Crippen molar-refractivity contribution in [3.8, 4) is 5.75 Å². The number of carbonyl (C=O) groups is 2. The molecule has 162 valence electrons. The van der Waals surface area contributed by atoms with Crippen molar-refractivity contribution in [2.75, 3.05) is 12.0 Å². The Labute approximate surface area is 176 Å². The van der Waals surface area contributed by atoms with Gasteiger partial charge in [-0.05, 0) is 54.5 Å². The summed E-state index contributed by atoms with van der Waals surface area (Å²) in [6.07, 6.45) is -1.77. The lowest BCUT2D eigenvalue weighted by molar-refractivity contribution is -0.173. The molecule has 9 heteroatoms. The molecule has 1 aromatic heterocycles. The highest BCUT2D eigenvalue weighted by atomic mass is 32.1. The molecule has 2 aromatic rings. The SMILES string of the molecule is COc1ccc(N(C(=O)C(F)(F)F)C(C(N)=O)(c2cccs2)C2CCCCC2)cc1. The van der Waals surface area contributed by atoms with Gasteiger partial charge < -0.3 is 10.5 Å². The normalized spacial score (nSPS) is 17.2. The van der Waals surface area contributed by atoms with Crippen molar-refractivity contribution in [1.82, 2.24) is 0 Å². The Morgan fingerprint density at radius 3 is 2.20 bits per heavy atom. The third-order valence-electron chi connectivity index (χ3n) is 5.60. The second-order valence-corrected chi connectivity index (χ2v) is 8.23. The zero-order valence-corrected chi connectivity index (χ0v) is 17.3. The summed E-state index contributed by atoms with van der Waals surface area (Å²) < 4.78 is 46.4. The van der Waals surface area contributed by atoms with E-state index in [9.17, 15) is 22.8 Å². The minimum absolute atomic E-state index is 0.0594. The van der Waals surface area contributed by atoms with E-state index in [2.05, 4.69) is 0 Å². The van der Waals surface area contributed by atoms with Gasteiger partial charge in [-0.2, -0.15) is 13.2 Å². The molecule has 0 aliphatic heterocycles. The molecule has 0 bridgehead atoms. The molecule has 1 aliphatic rings. The minimum atomic E-state index is -5.19. The highest BCUT2D eigenvalue weighted by molar-refractivity contribution is 7.10. The maximum absolute atomic E-state index is 13.8. The van der Waals surface area contributed by atoms with Crippen LogP contribution in [0.4, 0.5) is 18.9 Å². The average molecular weight is 440 g/mol. The van der Waals surface area contributed by atoms with E-state index in [1.54, 1.807) is 17.5 Å². The van der Waals surface area contributed by atoms with Crippen molar-refractivity contribution >= 4 is 28.8 Å². The molecule has 0 saturated heterocycles. The fourth-order valence-electron chi connectivity index (χ4n) is 4.28. The Bertz CT molecular complexity index is 878. The van der Waals surface area contributed by atoms with Crippen LogP contribution >= 0.6 is 11.3 Å². The van der Waals surface area contributed by atoms with Crippen LogP contribution in [-0.2, 0) is 15.1 Å². The number of alkyl halides is 3. The van der Waals surface area contributed by atoms with Gasteiger partial charge in [-0.15, -0.1) is 11.3 Å². The first-order valence-corrected chi connectivity index (χ1v) is 10.5. The van der Waals surface area contributed by atoms with Crippen LogP contribution in [0.2, 0.25) is 0 Å². The lowest BCUT2D eigenvalue weighted by atomic mass is 9.71. The Morgan fingerprint density at radius 2 is 1.73 bits per heavy atom. The molecule has 30 heavy (non-hydrogen) atoms. The molecule has 1 aliphatic carbocycles. The zero-order valence-electron chi connectivity index (χ0n) is 16.4. The van der Waals surface area contributed by atoms with E-state index in [0.29, 0.717) is 28.4 Å². The van der Waals surface area contributed by atoms with Crippen LogP contribution in [0.3, 0.4) is 0 Å². The molecule has 0 spiro atoms. The number of anilines is 1. The molecule has 1 heterocycles. The Balaban J connectivity index is 2.29. The average Bonchev–Trinajstić information content (AvgIpc) is 3.26. The summed E-state index contributed by atoms with van der Waals surface area (Å²) in [4.78, 5) is 26.7. The van der Waals surface area contributed by atoms with Gasteiger partial charge in [-0.3, -0.25) is 14.5 Å². The lowest BCUT2D eigenvalue weighted by Crippen LogP contribution is -2.64. The quantitative estimate of drug-likeness (QED) is 0.713. The lowest BCUT2D eigenvalue weighted by Gasteiger charge is -2.47. The van der Waals surface area contributed by atoms with E-state index in [1.165, 1.54) is 31.4 Å². The van der Waals surface area contributed by atoms with Gasteiger partial charge in [0, 0.05) is 10.6 Å². The van der Waals surface area contributed by atoms with Crippen LogP contribution in [0, 0.1) is 5.92 Å². The fraction of sp³-hybridized carbons (Fsp3) is 0.429. The maximum Gasteiger partial charge on any atom is 0.471 e. The molecular formula is C21H23F3N2O3S. The van der Waals surface area contributed by atoms with Gasteiger partial charge in [-0.25, -0.2) is 0 Å². The molecular weight excluding hydrogens is 417 g/mol. The number of methoxy groups -OCH3 is 1. The predicted molar refractivity (Wildman–Crippen MR) is 108 cm³/mol. The number of primary amides is 1. The second-order valence-electron chi connectivity index (χ2n) is 7.28. The largest absolute Gasteiger partial charge is 0.497 e. The number of rotatable bonds is 6. The van der Waals surface area contributed by atoms with Crippen molar-refractivity contribution < 1.29 is 27.5 Å². The summed E-state index contributed by atoms with van der Waals surface area (Å²) in [7, 11) is 1.43. The summed E-state index contributed by atoms with van der Waals surface area (Å²) in [5.74, 6) is -3.21. The number of carbonyl (C=O) groups excluding carboxylic acids is 2. The second kappa shape index (κ2) is 8.67. The fourth-order valence-corrected chi connectivity index (χ4v) is 5.28. The Morgan fingerprint density at radius 1 is 1.10 bits per heavy atom. The van der Waals surface area contributed by atoms with Gasteiger partial charge in [0.25, 0.3) is 0 Å². The number of nitrogens with two attached hydrogens (primary N) is 1. The van der Waals surface area contributed by atoms with Crippen LogP contribution in [0.25, 0.3) is 0 Å². The molecule has 0 radical (unpaired) electrons. The summed E-state index contributed by atoms with van der Waals surface area (Å²) >= 11 is 1.12. The highest BCUT2D eigenvalue weighted by Gasteiger charge is 2.58. The van der Waals surface area contributed by atoms with E-state index in [4.69, 9.17) is 10.5 Å².